The number of carbonyl (C=O) groups is 2. The molecular formula is C20H21N3O5. The number of benzene rings is 2. The van der Waals surface area contributed by atoms with Gasteiger partial charge >= 0.3 is 0 Å². The lowest BCUT2D eigenvalue weighted by molar-refractivity contribution is -0.133. The standard InChI is InChI=1S/C20H21N3O5/c1-13(24)18(20(26)23-27)22-19(25)15-6-10-17(11-7-15)28-12-2-3-14-4-8-16(21)9-5-14/h4-11,13,18,24,27H,12,21H2,1H3,(H,22,25)(H,23,26)/t13-,18+/m1/s1. The number of ether oxygens (including phenoxy) is 1. The summed E-state index contributed by atoms with van der Waals surface area (Å²) in [5, 5.41) is 20.6. The minimum absolute atomic E-state index is 0.163. The predicted molar refractivity (Wildman–Crippen MR) is 103 cm³/mol. The Kier molecular flexibility index (Phi) is 7.39. The van der Waals surface area contributed by atoms with Crippen molar-refractivity contribution in [3.63, 3.8) is 0 Å². The number of aliphatic hydroxyl groups excluding tert-OH is 1. The first-order chi connectivity index (χ1) is 13.4. The van der Waals surface area contributed by atoms with Crippen LogP contribution in [0.5, 0.6) is 5.75 Å². The molecule has 0 heterocycles. The SMILES string of the molecule is C[C@@H](O)[C@H](NC(=O)c1ccc(OCC#Cc2ccc(N)cc2)cc1)C(=O)NO. The number of hydrogen-bond acceptors (Lipinski definition) is 6. The molecule has 0 saturated carbocycles. The molecule has 8 nitrogen and oxygen atoms in total. The van der Waals surface area contributed by atoms with Crippen molar-refractivity contribution < 1.29 is 24.6 Å². The first-order valence-corrected chi connectivity index (χ1v) is 8.41. The zero-order valence-electron chi connectivity index (χ0n) is 15.2. The maximum Gasteiger partial charge on any atom is 0.268 e. The molecular weight excluding hydrogens is 362 g/mol. The summed E-state index contributed by atoms with van der Waals surface area (Å²) in [5.74, 6) is 4.84. The fraction of sp³-hybridized carbons (Fsp3) is 0.200. The zero-order chi connectivity index (χ0) is 20.5. The molecule has 0 aliphatic heterocycles. The fourth-order valence-electron chi connectivity index (χ4n) is 2.23. The number of anilines is 1. The molecule has 0 saturated heterocycles. The molecule has 0 bridgehead atoms. The lowest BCUT2D eigenvalue weighted by atomic mass is 10.1. The highest BCUT2D eigenvalue weighted by Gasteiger charge is 2.25. The highest BCUT2D eigenvalue weighted by atomic mass is 16.5. The third-order valence-corrected chi connectivity index (χ3v) is 3.73. The van der Waals surface area contributed by atoms with Gasteiger partial charge in [-0.1, -0.05) is 11.8 Å². The van der Waals surface area contributed by atoms with E-state index in [1.807, 2.05) is 12.1 Å². The number of carbonyl (C=O) groups excluding carboxylic acids is 2. The van der Waals surface area contributed by atoms with Crippen LogP contribution in [-0.2, 0) is 4.79 Å². The van der Waals surface area contributed by atoms with Gasteiger partial charge in [-0.2, -0.15) is 0 Å². The summed E-state index contributed by atoms with van der Waals surface area (Å²) in [5.41, 5.74) is 8.77. The molecule has 0 fully saturated rings. The Morgan fingerprint density at radius 1 is 1.14 bits per heavy atom. The first kappa shape index (κ1) is 20.8. The van der Waals surface area contributed by atoms with Crippen molar-refractivity contribution in [2.24, 2.45) is 0 Å². The molecule has 2 atom stereocenters. The topological polar surface area (TPSA) is 134 Å². The fourth-order valence-corrected chi connectivity index (χ4v) is 2.23. The second kappa shape index (κ2) is 9.97. The quantitative estimate of drug-likeness (QED) is 0.216. The van der Waals surface area contributed by atoms with Crippen LogP contribution >= 0.6 is 0 Å². The van der Waals surface area contributed by atoms with E-state index in [0.717, 1.165) is 5.56 Å². The monoisotopic (exact) mass is 383 g/mol. The second-order valence-electron chi connectivity index (χ2n) is 5.90. The summed E-state index contributed by atoms with van der Waals surface area (Å²) in [7, 11) is 0. The number of hydrogen-bond donors (Lipinski definition) is 5. The highest BCUT2D eigenvalue weighted by molar-refractivity contribution is 5.97. The smallest absolute Gasteiger partial charge is 0.268 e. The highest BCUT2D eigenvalue weighted by Crippen LogP contribution is 2.12. The van der Waals surface area contributed by atoms with Crippen LogP contribution in [0.2, 0.25) is 0 Å². The van der Waals surface area contributed by atoms with E-state index in [2.05, 4.69) is 17.2 Å². The number of rotatable bonds is 6. The van der Waals surface area contributed by atoms with E-state index >= 15 is 0 Å². The van der Waals surface area contributed by atoms with Gasteiger partial charge < -0.3 is 20.9 Å². The average Bonchev–Trinajstić information content (AvgIpc) is 2.70. The van der Waals surface area contributed by atoms with Gasteiger partial charge in [0, 0.05) is 16.8 Å². The molecule has 0 aromatic heterocycles. The number of nitrogen functional groups attached to an aromatic ring is 1. The molecule has 0 spiro atoms. The normalized spacial score (nSPS) is 12.1. The van der Waals surface area contributed by atoms with Crippen LogP contribution in [0.15, 0.2) is 48.5 Å². The Hall–Kier alpha value is -3.54. The molecule has 2 rings (SSSR count). The van der Waals surface area contributed by atoms with E-state index < -0.39 is 24.0 Å². The van der Waals surface area contributed by atoms with Gasteiger partial charge in [0.2, 0.25) is 0 Å². The van der Waals surface area contributed by atoms with Gasteiger partial charge in [0.05, 0.1) is 6.10 Å². The minimum Gasteiger partial charge on any atom is -0.481 e. The Labute approximate surface area is 162 Å². The van der Waals surface area contributed by atoms with Gasteiger partial charge in [0.15, 0.2) is 0 Å². The molecule has 6 N–H and O–H groups in total. The van der Waals surface area contributed by atoms with Crippen molar-refractivity contribution in [3.8, 4) is 17.6 Å². The molecule has 0 aliphatic carbocycles. The van der Waals surface area contributed by atoms with E-state index in [4.69, 9.17) is 15.7 Å². The number of aliphatic hydroxyl groups is 1. The maximum atomic E-state index is 12.2. The average molecular weight is 383 g/mol. The van der Waals surface area contributed by atoms with Gasteiger partial charge in [-0.3, -0.25) is 14.8 Å². The number of nitrogens with two attached hydrogens (primary N) is 1. The summed E-state index contributed by atoms with van der Waals surface area (Å²) in [6, 6.07) is 12.1. The Morgan fingerprint density at radius 2 is 1.79 bits per heavy atom. The second-order valence-corrected chi connectivity index (χ2v) is 5.90. The van der Waals surface area contributed by atoms with E-state index in [1.54, 1.807) is 24.3 Å². The molecule has 0 radical (unpaired) electrons. The third kappa shape index (κ3) is 6.02. The largest absolute Gasteiger partial charge is 0.481 e. The summed E-state index contributed by atoms with van der Waals surface area (Å²) in [6.45, 7) is 1.49. The number of nitrogens with one attached hydrogen (secondary N) is 2. The molecule has 0 aliphatic rings. The number of hydroxylamine groups is 1. The lowest BCUT2D eigenvalue weighted by Gasteiger charge is -2.19. The first-order valence-electron chi connectivity index (χ1n) is 8.41. The molecule has 8 heteroatoms. The van der Waals surface area contributed by atoms with Gasteiger partial charge in [0.25, 0.3) is 11.8 Å². The van der Waals surface area contributed by atoms with Crippen molar-refractivity contribution in [2.45, 2.75) is 19.1 Å². The lowest BCUT2D eigenvalue weighted by Crippen LogP contribution is -2.51. The van der Waals surface area contributed by atoms with Crippen LogP contribution in [0.4, 0.5) is 5.69 Å². The van der Waals surface area contributed by atoms with Gasteiger partial charge in [-0.25, -0.2) is 5.48 Å². The van der Waals surface area contributed by atoms with Crippen LogP contribution in [-0.4, -0.2) is 40.9 Å². The molecule has 2 aromatic rings. The Balaban J connectivity index is 1.91. The summed E-state index contributed by atoms with van der Waals surface area (Å²) >= 11 is 0. The van der Waals surface area contributed by atoms with Crippen LogP contribution < -0.4 is 21.3 Å². The third-order valence-electron chi connectivity index (χ3n) is 3.73. The molecule has 28 heavy (non-hydrogen) atoms. The predicted octanol–water partition coefficient (Wildman–Crippen LogP) is 0.684. The van der Waals surface area contributed by atoms with Gasteiger partial charge in [-0.15, -0.1) is 0 Å². The van der Waals surface area contributed by atoms with E-state index in [9.17, 15) is 14.7 Å². The van der Waals surface area contributed by atoms with E-state index in [-0.39, 0.29) is 12.2 Å². The van der Waals surface area contributed by atoms with E-state index in [0.29, 0.717) is 11.4 Å². The Morgan fingerprint density at radius 3 is 2.36 bits per heavy atom. The minimum atomic E-state index is -1.28. The van der Waals surface area contributed by atoms with E-state index in [1.165, 1.54) is 24.5 Å². The van der Waals surface area contributed by atoms with Crippen LogP contribution in [0, 0.1) is 11.8 Å². The van der Waals surface area contributed by atoms with Crippen LogP contribution in [0.3, 0.4) is 0 Å². The van der Waals surface area contributed by atoms with Gasteiger partial charge in [-0.05, 0) is 55.5 Å². The Bertz CT molecular complexity index is 867. The van der Waals surface area contributed by atoms with Crippen molar-refractivity contribution in [1.82, 2.24) is 10.8 Å². The molecule has 0 unspecified atom stereocenters. The summed E-state index contributed by atoms with van der Waals surface area (Å²) in [4.78, 5) is 23.6. The van der Waals surface area contributed by atoms with Gasteiger partial charge in [0.1, 0.15) is 18.4 Å². The molecule has 146 valence electrons. The van der Waals surface area contributed by atoms with Crippen molar-refractivity contribution in [1.29, 1.82) is 0 Å². The summed E-state index contributed by atoms with van der Waals surface area (Å²) in [6.07, 6.45) is -1.18. The molecule has 2 amide bonds. The van der Waals surface area contributed by atoms with Crippen LogP contribution in [0.1, 0.15) is 22.8 Å². The molecule has 2 aromatic carbocycles. The summed E-state index contributed by atoms with van der Waals surface area (Å²) < 4.78 is 5.49. The van der Waals surface area contributed by atoms with Crippen LogP contribution in [0.25, 0.3) is 0 Å². The maximum absolute atomic E-state index is 12.2. The zero-order valence-corrected chi connectivity index (χ0v) is 15.2. The number of amides is 2. The van der Waals surface area contributed by atoms with Crippen molar-refractivity contribution >= 4 is 17.5 Å². The van der Waals surface area contributed by atoms with Crippen molar-refractivity contribution in [2.75, 3.05) is 12.3 Å². The van der Waals surface area contributed by atoms with Crippen molar-refractivity contribution in [3.05, 3.63) is 59.7 Å².